The van der Waals surface area contributed by atoms with Crippen LogP contribution in [0.1, 0.15) is 35.3 Å². The highest BCUT2D eigenvalue weighted by Crippen LogP contribution is 2.13. The summed E-state index contributed by atoms with van der Waals surface area (Å²) in [6.07, 6.45) is 0.412. The minimum Gasteiger partial charge on any atom is -0.462 e. The molecule has 0 atom stereocenters. The SMILES string of the molecule is CCOC(=O)c1ccc(CC(C)=O)c(C)c1. The van der Waals surface area contributed by atoms with Gasteiger partial charge >= 0.3 is 5.97 Å². The van der Waals surface area contributed by atoms with Crippen LogP contribution < -0.4 is 0 Å². The lowest BCUT2D eigenvalue weighted by atomic mass is 10.0. The Morgan fingerprint density at radius 1 is 1.31 bits per heavy atom. The van der Waals surface area contributed by atoms with E-state index < -0.39 is 0 Å². The zero-order valence-electron chi connectivity index (χ0n) is 9.87. The number of ether oxygens (including phenoxy) is 1. The van der Waals surface area contributed by atoms with Crippen molar-refractivity contribution in [3.63, 3.8) is 0 Å². The summed E-state index contributed by atoms with van der Waals surface area (Å²) in [4.78, 5) is 22.4. The smallest absolute Gasteiger partial charge is 0.338 e. The second-order valence-corrected chi connectivity index (χ2v) is 3.74. The van der Waals surface area contributed by atoms with Crippen LogP contribution in [-0.2, 0) is 16.0 Å². The Kier molecular flexibility index (Phi) is 4.23. The monoisotopic (exact) mass is 220 g/mol. The minimum atomic E-state index is -0.319. The molecule has 0 fully saturated rings. The molecular weight excluding hydrogens is 204 g/mol. The predicted octanol–water partition coefficient (Wildman–Crippen LogP) is 2.30. The molecule has 0 spiro atoms. The third kappa shape index (κ3) is 3.19. The van der Waals surface area contributed by atoms with Gasteiger partial charge < -0.3 is 4.74 Å². The summed E-state index contributed by atoms with van der Waals surface area (Å²) in [5.74, 6) is -0.202. The van der Waals surface area contributed by atoms with Crippen LogP contribution in [0.25, 0.3) is 0 Å². The van der Waals surface area contributed by atoms with Crippen molar-refractivity contribution in [2.75, 3.05) is 6.61 Å². The second-order valence-electron chi connectivity index (χ2n) is 3.74. The Labute approximate surface area is 95.4 Å². The average Bonchev–Trinajstić information content (AvgIpc) is 2.20. The third-order valence-corrected chi connectivity index (χ3v) is 2.29. The summed E-state index contributed by atoms with van der Waals surface area (Å²) in [5.41, 5.74) is 2.44. The van der Waals surface area contributed by atoms with E-state index in [1.165, 1.54) is 0 Å². The van der Waals surface area contributed by atoms with Crippen molar-refractivity contribution in [1.29, 1.82) is 0 Å². The molecule has 0 heterocycles. The standard InChI is InChI=1S/C13H16O3/c1-4-16-13(15)12-6-5-11(8-10(3)14)9(2)7-12/h5-7H,4,8H2,1-3H3. The Morgan fingerprint density at radius 2 is 2.00 bits per heavy atom. The molecule has 1 aromatic carbocycles. The van der Waals surface area contributed by atoms with E-state index >= 15 is 0 Å². The number of Topliss-reactive ketones (excluding diaryl/α,β-unsaturated/α-hetero) is 1. The largest absolute Gasteiger partial charge is 0.462 e. The molecule has 16 heavy (non-hydrogen) atoms. The fourth-order valence-electron chi connectivity index (χ4n) is 1.50. The maximum absolute atomic E-state index is 11.4. The molecule has 1 rings (SSSR count). The van der Waals surface area contributed by atoms with E-state index in [-0.39, 0.29) is 11.8 Å². The topological polar surface area (TPSA) is 43.4 Å². The van der Waals surface area contributed by atoms with Crippen molar-refractivity contribution < 1.29 is 14.3 Å². The number of carbonyl (C=O) groups is 2. The van der Waals surface area contributed by atoms with Gasteiger partial charge in [0, 0.05) is 6.42 Å². The van der Waals surface area contributed by atoms with Crippen molar-refractivity contribution in [2.24, 2.45) is 0 Å². The normalized spacial score (nSPS) is 9.94. The van der Waals surface area contributed by atoms with Gasteiger partial charge in [-0.15, -0.1) is 0 Å². The molecule has 86 valence electrons. The van der Waals surface area contributed by atoms with Crippen molar-refractivity contribution >= 4 is 11.8 Å². The van der Waals surface area contributed by atoms with E-state index in [1.807, 2.05) is 13.0 Å². The fourth-order valence-corrected chi connectivity index (χ4v) is 1.50. The van der Waals surface area contributed by atoms with E-state index in [4.69, 9.17) is 4.74 Å². The van der Waals surface area contributed by atoms with Crippen molar-refractivity contribution in [2.45, 2.75) is 27.2 Å². The van der Waals surface area contributed by atoms with Gasteiger partial charge in [0.15, 0.2) is 0 Å². The Bertz CT molecular complexity index is 408. The van der Waals surface area contributed by atoms with E-state index in [1.54, 1.807) is 26.0 Å². The third-order valence-electron chi connectivity index (χ3n) is 2.29. The first-order valence-corrected chi connectivity index (χ1v) is 5.30. The highest BCUT2D eigenvalue weighted by atomic mass is 16.5. The average molecular weight is 220 g/mol. The Balaban J connectivity index is 2.90. The molecular formula is C13H16O3. The molecule has 0 radical (unpaired) electrons. The number of hydrogen-bond donors (Lipinski definition) is 0. The summed E-state index contributed by atoms with van der Waals surface area (Å²) < 4.78 is 4.90. The zero-order valence-corrected chi connectivity index (χ0v) is 9.87. The molecule has 0 bridgehead atoms. The zero-order chi connectivity index (χ0) is 12.1. The second kappa shape index (κ2) is 5.45. The van der Waals surface area contributed by atoms with Crippen LogP contribution in [0.15, 0.2) is 18.2 Å². The highest BCUT2D eigenvalue weighted by molar-refractivity contribution is 5.90. The van der Waals surface area contributed by atoms with Gasteiger partial charge in [0.25, 0.3) is 0 Å². The van der Waals surface area contributed by atoms with Gasteiger partial charge in [-0.3, -0.25) is 4.79 Å². The summed E-state index contributed by atoms with van der Waals surface area (Å²) in [6.45, 7) is 5.58. The van der Waals surface area contributed by atoms with Crippen LogP contribution in [0.2, 0.25) is 0 Å². The van der Waals surface area contributed by atoms with Crippen molar-refractivity contribution in [3.8, 4) is 0 Å². The van der Waals surface area contributed by atoms with E-state index in [0.29, 0.717) is 18.6 Å². The fraction of sp³-hybridized carbons (Fsp3) is 0.385. The van der Waals surface area contributed by atoms with Crippen molar-refractivity contribution in [3.05, 3.63) is 34.9 Å². The molecule has 0 aliphatic heterocycles. The molecule has 0 saturated carbocycles. The summed E-state index contributed by atoms with van der Waals surface area (Å²) in [5, 5.41) is 0. The molecule has 1 aromatic rings. The van der Waals surface area contributed by atoms with E-state index in [9.17, 15) is 9.59 Å². The van der Waals surface area contributed by atoms with Gasteiger partial charge in [0.2, 0.25) is 0 Å². The molecule has 0 aliphatic rings. The van der Waals surface area contributed by atoms with Crippen LogP contribution in [0.4, 0.5) is 0 Å². The van der Waals surface area contributed by atoms with Crippen LogP contribution >= 0.6 is 0 Å². The number of benzene rings is 1. The number of rotatable bonds is 4. The Hall–Kier alpha value is -1.64. The lowest BCUT2D eigenvalue weighted by Gasteiger charge is -2.06. The maximum Gasteiger partial charge on any atom is 0.338 e. The quantitative estimate of drug-likeness (QED) is 0.731. The molecule has 3 heteroatoms. The van der Waals surface area contributed by atoms with Gasteiger partial charge in [0.1, 0.15) is 5.78 Å². The molecule has 0 amide bonds. The van der Waals surface area contributed by atoms with Crippen LogP contribution in [0, 0.1) is 6.92 Å². The first kappa shape index (κ1) is 12.4. The van der Waals surface area contributed by atoms with E-state index in [2.05, 4.69) is 0 Å². The number of carbonyl (C=O) groups excluding carboxylic acids is 2. The Morgan fingerprint density at radius 3 is 2.50 bits per heavy atom. The number of ketones is 1. The van der Waals surface area contributed by atoms with Crippen LogP contribution in [0.3, 0.4) is 0 Å². The predicted molar refractivity (Wildman–Crippen MR) is 61.5 cm³/mol. The van der Waals surface area contributed by atoms with Crippen molar-refractivity contribution in [1.82, 2.24) is 0 Å². The summed E-state index contributed by atoms with van der Waals surface area (Å²) in [7, 11) is 0. The molecule has 0 saturated heterocycles. The first-order chi connectivity index (χ1) is 7.54. The van der Waals surface area contributed by atoms with Gasteiger partial charge in [-0.25, -0.2) is 4.79 Å². The molecule has 3 nitrogen and oxygen atoms in total. The number of hydrogen-bond acceptors (Lipinski definition) is 3. The lowest BCUT2D eigenvalue weighted by Crippen LogP contribution is -2.06. The van der Waals surface area contributed by atoms with Gasteiger partial charge in [-0.2, -0.15) is 0 Å². The number of esters is 1. The molecule has 0 aliphatic carbocycles. The number of aryl methyl sites for hydroxylation is 1. The van der Waals surface area contributed by atoms with Gasteiger partial charge in [-0.1, -0.05) is 6.07 Å². The minimum absolute atomic E-state index is 0.118. The molecule has 0 N–H and O–H groups in total. The summed E-state index contributed by atoms with van der Waals surface area (Å²) >= 11 is 0. The maximum atomic E-state index is 11.4. The van der Waals surface area contributed by atoms with Gasteiger partial charge in [-0.05, 0) is 44.0 Å². The first-order valence-electron chi connectivity index (χ1n) is 5.30. The van der Waals surface area contributed by atoms with E-state index in [0.717, 1.165) is 11.1 Å². The van der Waals surface area contributed by atoms with Crippen LogP contribution in [-0.4, -0.2) is 18.4 Å². The lowest BCUT2D eigenvalue weighted by molar-refractivity contribution is -0.116. The highest BCUT2D eigenvalue weighted by Gasteiger charge is 2.09. The molecule has 0 aromatic heterocycles. The molecule has 0 unspecified atom stereocenters. The van der Waals surface area contributed by atoms with Crippen LogP contribution in [0.5, 0.6) is 0 Å². The van der Waals surface area contributed by atoms with Gasteiger partial charge in [0.05, 0.1) is 12.2 Å². The summed E-state index contributed by atoms with van der Waals surface area (Å²) in [6, 6.07) is 5.27.